The van der Waals surface area contributed by atoms with Gasteiger partial charge in [0.2, 0.25) is 0 Å². The molecule has 3 aromatic carbocycles. The highest BCUT2D eigenvalue weighted by Crippen LogP contribution is 2.36. The summed E-state index contributed by atoms with van der Waals surface area (Å²) in [5.41, 5.74) is 3.15. The molecule has 0 saturated carbocycles. The molecule has 0 amide bonds. The smallest absolute Gasteiger partial charge is 0.269 e. The molecule has 4 bridgehead atoms. The summed E-state index contributed by atoms with van der Waals surface area (Å²) in [5.74, 6) is 0. The maximum Gasteiger partial charge on any atom is 0.269 e. The highest BCUT2D eigenvalue weighted by atomic mass is 16.6. The lowest BCUT2D eigenvalue weighted by Gasteiger charge is -2.20. The summed E-state index contributed by atoms with van der Waals surface area (Å²) in [6, 6.07) is 18.9. The number of nitro benzene ring substituents is 1. The summed E-state index contributed by atoms with van der Waals surface area (Å²) in [6.07, 6.45) is -0.134. The summed E-state index contributed by atoms with van der Waals surface area (Å²) in [4.78, 5) is 10.4. The van der Waals surface area contributed by atoms with E-state index in [1.54, 1.807) is 12.1 Å². The Bertz CT molecular complexity index is 829. The molecule has 4 rings (SSSR count). The fourth-order valence-corrected chi connectivity index (χ4v) is 2.86. The Morgan fingerprint density at radius 3 is 1.86 bits per heavy atom. The first-order chi connectivity index (χ1) is 10.7. The second-order valence-corrected chi connectivity index (χ2v) is 5.28. The van der Waals surface area contributed by atoms with Gasteiger partial charge in [0.25, 0.3) is 5.69 Å². The third kappa shape index (κ3) is 1.95. The van der Waals surface area contributed by atoms with Gasteiger partial charge in [0, 0.05) is 34.3 Å². The summed E-state index contributed by atoms with van der Waals surface area (Å²) in [6.45, 7) is 0. The number of hydrogen-bond donors (Lipinski definition) is 2. The molecule has 5 heteroatoms. The first-order valence-electron chi connectivity index (χ1n) is 7.01. The molecule has 0 fully saturated rings. The van der Waals surface area contributed by atoms with E-state index >= 15 is 0 Å². The van der Waals surface area contributed by atoms with Crippen molar-refractivity contribution in [1.82, 2.24) is 0 Å². The summed E-state index contributed by atoms with van der Waals surface area (Å²) >= 11 is 0. The summed E-state index contributed by atoms with van der Waals surface area (Å²) in [7, 11) is 0. The van der Waals surface area contributed by atoms with Crippen LogP contribution in [-0.2, 0) is 0 Å². The van der Waals surface area contributed by atoms with E-state index < -0.39 is 0 Å². The van der Waals surface area contributed by atoms with Gasteiger partial charge in [-0.3, -0.25) is 10.1 Å². The maximum absolute atomic E-state index is 10.8. The zero-order valence-electron chi connectivity index (χ0n) is 11.6. The number of anilines is 2. The topological polar surface area (TPSA) is 67.2 Å². The van der Waals surface area contributed by atoms with Crippen molar-refractivity contribution in [2.75, 3.05) is 10.6 Å². The number of nitro groups is 1. The number of hydrogen-bond acceptors (Lipinski definition) is 4. The van der Waals surface area contributed by atoms with Crippen molar-refractivity contribution in [3.8, 4) is 0 Å². The predicted octanol–water partition coefficient (Wildman–Crippen LogP) is 4.28. The van der Waals surface area contributed by atoms with Crippen molar-refractivity contribution < 1.29 is 4.92 Å². The Labute approximate surface area is 126 Å². The summed E-state index contributed by atoms with van der Waals surface area (Å²) in [5, 5.41) is 20.0. The number of rotatable bonds is 2. The Morgan fingerprint density at radius 2 is 1.36 bits per heavy atom. The lowest BCUT2D eigenvalue weighted by molar-refractivity contribution is -0.384. The molecule has 1 aliphatic heterocycles. The third-order valence-corrected chi connectivity index (χ3v) is 3.96. The first-order valence-corrected chi connectivity index (χ1v) is 7.01. The van der Waals surface area contributed by atoms with E-state index in [1.165, 1.54) is 12.1 Å². The molecule has 0 unspecified atom stereocenters. The van der Waals surface area contributed by atoms with Gasteiger partial charge in [0.1, 0.15) is 6.17 Å². The van der Waals surface area contributed by atoms with Crippen LogP contribution in [0.4, 0.5) is 17.1 Å². The Hall–Kier alpha value is -3.08. The van der Waals surface area contributed by atoms with Crippen LogP contribution in [0, 0.1) is 10.1 Å². The van der Waals surface area contributed by atoms with Crippen molar-refractivity contribution in [2.24, 2.45) is 0 Å². The molecule has 1 heterocycles. The minimum Gasteiger partial charge on any atom is -0.361 e. The molecular formula is C17H13N3O2. The van der Waals surface area contributed by atoms with Crippen LogP contribution in [-0.4, -0.2) is 4.92 Å². The van der Waals surface area contributed by atoms with Crippen LogP contribution in [0.2, 0.25) is 0 Å². The van der Waals surface area contributed by atoms with E-state index in [2.05, 4.69) is 22.8 Å². The van der Waals surface area contributed by atoms with Crippen LogP contribution in [0.1, 0.15) is 11.7 Å². The second kappa shape index (κ2) is 4.73. The van der Waals surface area contributed by atoms with Crippen molar-refractivity contribution in [3.63, 3.8) is 0 Å². The fourth-order valence-electron chi connectivity index (χ4n) is 2.86. The number of nitrogens with zero attached hydrogens (tertiary/aromatic N) is 1. The molecule has 108 valence electrons. The van der Waals surface area contributed by atoms with E-state index in [9.17, 15) is 10.1 Å². The second-order valence-electron chi connectivity index (χ2n) is 5.28. The molecule has 0 radical (unpaired) electrons. The average Bonchev–Trinajstić information content (AvgIpc) is 2.62. The fraction of sp³-hybridized carbons (Fsp3) is 0.0588. The van der Waals surface area contributed by atoms with Gasteiger partial charge in [-0.2, -0.15) is 0 Å². The van der Waals surface area contributed by atoms with Crippen LogP contribution in [0.5, 0.6) is 0 Å². The molecule has 0 spiro atoms. The third-order valence-electron chi connectivity index (χ3n) is 3.96. The van der Waals surface area contributed by atoms with Crippen LogP contribution in [0.15, 0.2) is 60.7 Å². The lowest BCUT2D eigenvalue weighted by Crippen LogP contribution is -2.18. The summed E-state index contributed by atoms with van der Waals surface area (Å²) < 4.78 is 0. The van der Waals surface area contributed by atoms with Gasteiger partial charge in [0.05, 0.1) is 4.92 Å². The van der Waals surface area contributed by atoms with Gasteiger partial charge < -0.3 is 10.6 Å². The molecule has 0 aliphatic carbocycles. The molecule has 0 aromatic heterocycles. The van der Waals surface area contributed by atoms with E-state index in [-0.39, 0.29) is 16.8 Å². The van der Waals surface area contributed by atoms with Crippen molar-refractivity contribution in [1.29, 1.82) is 0 Å². The van der Waals surface area contributed by atoms with Crippen LogP contribution < -0.4 is 10.6 Å². The molecule has 3 aromatic rings. The van der Waals surface area contributed by atoms with Gasteiger partial charge in [0.15, 0.2) is 0 Å². The monoisotopic (exact) mass is 291 g/mol. The zero-order chi connectivity index (χ0) is 15.1. The molecule has 0 saturated heterocycles. The van der Waals surface area contributed by atoms with Gasteiger partial charge in [-0.25, -0.2) is 0 Å². The molecule has 1 aliphatic rings. The predicted molar refractivity (Wildman–Crippen MR) is 87.0 cm³/mol. The van der Waals surface area contributed by atoms with Crippen LogP contribution >= 0.6 is 0 Å². The van der Waals surface area contributed by atoms with Gasteiger partial charge in [-0.15, -0.1) is 0 Å². The van der Waals surface area contributed by atoms with Crippen molar-refractivity contribution in [2.45, 2.75) is 6.17 Å². The van der Waals surface area contributed by atoms with Crippen molar-refractivity contribution in [3.05, 3.63) is 76.3 Å². The molecule has 2 N–H and O–H groups in total. The standard InChI is InChI=1S/C17H13N3O2/c21-20(22)12-9-7-11(8-10-12)17-18-15-5-1-3-13-14(15)4-2-6-16(13)19-17/h1-10,17-19H. The normalized spacial score (nSPS) is 13.5. The molecule has 0 atom stereocenters. The average molecular weight is 291 g/mol. The Balaban J connectivity index is 1.77. The maximum atomic E-state index is 10.8. The highest BCUT2D eigenvalue weighted by molar-refractivity contribution is 6.02. The van der Waals surface area contributed by atoms with Crippen LogP contribution in [0.25, 0.3) is 10.8 Å². The number of non-ortho nitro benzene ring substituents is 1. The zero-order valence-corrected chi connectivity index (χ0v) is 11.6. The number of nitrogens with one attached hydrogen (secondary N) is 2. The Kier molecular flexibility index (Phi) is 2.72. The minimum atomic E-state index is -0.387. The van der Waals surface area contributed by atoms with E-state index in [4.69, 9.17) is 0 Å². The minimum absolute atomic E-state index is 0.0976. The van der Waals surface area contributed by atoms with E-state index in [0.717, 1.165) is 27.7 Å². The number of benzene rings is 3. The van der Waals surface area contributed by atoms with Gasteiger partial charge in [-0.1, -0.05) is 24.3 Å². The van der Waals surface area contributed by atoms with Crippen molar-refractivity contribution >= 4 is 27.8 Å². The van der Waals surface area contributed by atoms with Crippen LogP contribution in [0.3, 0.4) is 0 Å². The van der Waals surface area contributed by atoms with E-state index in [1.807, 2.05) is 24.3 Å². The highest BCUT2D eigenvalue weighted by Gasteiger charge is 2.18. The van der Waals surface area contributed by atoms with E-state index in [0.29, 0.717) is 0 Å². The SMILES string of the molecule is O=[N+]([O-])c1ccc(C2Nc3cccc4c(cccc34)N2)cc1. The Morgan fingerprint density at radius 1 is 0.818 bits per heavy atom. The molecule has 5 nitrogen and oxygen atoms in total. The largest absolute Gasteiger partial charge is 0.361 e. The van der Waals surface area contributed by atoms with Gasteiger partial charge >= 0.3 is 0 Å². The molecular weight excluding hydrogens is 278 g/mol. The molecule has 22 heavy (non-hydrogen) atoms. The lowest BCUT2D eigenvalue weighted by atomic mass is 10.1. The van der Waals surface area contributed by atoms with Gasteiger partial charge in [-0.05, 0) is 29.8 Å². The quantitative estimate of drug-likeness (QED) is 0.546. The first kappa shape index (κ1) is 12.6.